The highest BCUT2D eigenvalue weighted by Crippen LogP contribution is 2.21. The van der Waals surface area contributed by atoms with E-state index in [2.05, 4.69) is 15.9 Å². The molecule has 0 aromatic heterocycles. The van der Waals surface area contributed by atoms with Gasteiger partial charge in [0.05, 0.1) is 5.56 Å². The van der Waals surface area contributed by atoms with E-state index in [0.29, 0.717) is 5.56 Å². The first-order valence-electron chi connectivity index (χ1n) is 2.89. The first-order valence-corrected chi connectivity index (χ1v) is 4.09. The highest BCUT2D eigenvalue weighted by Gasteiger charge is 2.02. The lowest BCUT2D eigenvalue weighted by Gasteiger charge is -2.01. The van der Waals surface area contributed by atoms with Gasteiger partial charge in [-0.3, -0.25) is 0 Å². The van der Waals surface area contributed by atoms with Gasteiger partial charge in [0.1, 0.15) is 10.7 Å². The first-order chi connectivity index (χ1) is 5.11. The van der Waals surface area contributed by atoms with Gasteiger partial charge in [0.25, 0.3) is 0 Å². The number of hydrogen-bond acceptors (Lipinski definition) is 2. The van der Waals surface area contributed by atoms with Crippen molar-refractivity contribution in [1.82, 2.24) is 0 Å². The lowest BCUT2D eigenvalue weighted by Crippen LogP contribution is -2.09. The Morgan fingerprint density at radius 3 is 2.64 bits per heavy atom. The number of nitrogens with two attached hydrogens (primary N) is 1. The number of benzene rings is 1. The van der Waals surface area contributed by atoms with E-state index < -0.39 is 0 Å². The van der Waals surface area contributed by atoms with Crippen LogP contribution >= 0.6 is 28.1 Å². The third-order valence-electron chi connectivity index (χ3n) is 1.23. The summed E-state index contributed by atoms with van der Waals surface area (Å²) in [6, 6.07) is 4.99. The van der Waals surface area contributed by atoms with Gasteiger partial charge in [-0.05, 0) is 18.2 Å². The molecule has 0 heterocycles. The quantitative estimate of drug-likeness (QED) is 0.725. The second kappa shape index (κ2) is 3.19. The zero-order valence-corrected chi connectivity index (χ0v) is 7.95. The Labute approximate surface area is 78.2 Å². The Hall–Kier alpha value is -0.610. The summed E-state index contributed by atoms with van der Waals surface area (Å²) in [5.74, 6) is 0.104. The van der Waals surface area contributed by atoms with E-state index in [0.717, 1.165) is 4.47 Å². The zero-order chi connectivity index (χ0) is 8.43. The van der Waals surface area contributed by atoms with E-state index in [9.17, 15) is 5.11 Å². The summed E-state index contributed by atoms with van der Waals surface area (Å²) in [4.78, 5) is 0.204. The molecule has 1 rings (SSSR count). The van der Waals surface area contributed by atoms with Crippen molar-refractivity contribution in [3.63, 3.8) is 0 Å². The van der Waals surface area contributed by atoms with Crippen molar-refractivity contribution in [3.8, 4) is 5.75 Å². The Kier molecular flexibility index (Phi) is 2.46. The standard InChI is InChI=1S/C7H6BrNOS/c8-4-1-2-5(7(9)11)6(10)3-4/h1-3,10H,(H2,9,11). The Morgan fingerprint density at radius 1 is 1.55 bits per heavy atom. The van der Waals surface area contributed by atoms with Gasteiger partial charge >= 0.3 is 0 Å². The molecule has 3 N–H and O–H groups in total. The number of halogens is 1. The maximum atomic E-state index is 9.26. The lowest BCUT2D eigenvalue weighted by molar-refractivity contribution is 0.474. The fraction of sp³-hybridized carbons (Fsp3) is 0. The normalized spacial score (nSPS) is 9.55. The van der Waals surface area contributed by atoms with Gasteiger partial charge in [-0.1, -0.05) is 28.1 Å². The molecule has 0 saturated heterocycles. The van der Waals surface area contributed by atoms with Gasteiger partial charge in [-0.25, -0.2) is 0 Å². The van der Waals surface area contributed by atoms with Crippen LogP contribution in [0.15, 0.2) is 22.7 Å². The minimum absolute atomic E-state index is 0.104. The highest BCUT2D eigenvalue weighted by atomic mass is 79.9. The maximum absolute atomic E-state index is 9.26. The van der Waals surface area contributed by atoms with Gasteiger partial charge in [0.15, 0.2) is 0 Å². The topological polar surface area (TPSA) is 46.2 Å². The monoisotopic (exact) mass is 231 g/mol. The Bertz CT molecular complexity index is 300. The summed E-state index contributed by atoms with van der Waals surface area (Å²) in [5.41, 5.74) is 5.82. The largest absolute Gasteiger partial charge is 0.507 e. The number of thiocarbonyl (C=S) groups is 1. The van der Waals surface area contributed by atoms with Gasteiger partial charge in [-0.15, -0.1) is 0 Å². The van der Waals surface area contributed by atoms with Crippen LogP contribution in [0.2, 0.25) is 0 Å². The molecule has 2 nitrogen and oxygen atoms in total. The van der Waals surface area contributed by atoms with Crippen molar-refractivity contribution in [2.45, 2.75) is 0 Å². The molecule has 0 saturated carbocycles. The first kappa shape index (κ1) is 8.49. The summed E-state index contributed by atoms with van der Waals surface area (Å²) >= 11 is 7.90. The summed E-state index contributed by atoms with van der Waals surface area (Å²) < 4.78 is 0.801. The minimum Gasteiger partial charge on any atom is -0.507 e. The van der Waals surface area contributed by atoms with Crippen LogP contribution in [0.5, 0.6) is 5.75 Å². The fourth-order valence-electron chi connectivity index (χ4n) is 0.713. The number of hydrogen-bond donors (Lipinski definition) is 2. The minimum atomic E-state index is 0.104. The van der Waals surface area contributed by atoms with Gasteiger partial charge in [0.2, 0.25) is 0 Å². The molecule has 0 amide bonds. The van der Waals surface area contributed by atoms with Gasteiger partial charge in [-0.2, -0.15) is 0 Å². The second-order valence-electron chi connectivity index (χ2n) is 2.03. The molecule has 0 aliphatic heterocycles. The third-order valence-corrected chi connectivity index (χ3v) is 1.94. The molecule has 0 radical (unpaired) electrons. The molecule has 58 valence electrons. The van der Waals surface area contributed by atoms with Crippen LogP contribution in [0.1, 0.15) is 5.56 Å². The summed E-state index contributed by atoms with van der Waals surface area (Å²) in [6.07, 6.45) is 0. The maximum Gasteiger partial charge on any atom is 0.126 e. The Balaban J connectivity index is 3.20. The SMILES string of the molecule is NC(=S)c1ccc(Br)cc1O. The van der Waals surface area contributed by atoms with Crippen molar-refractivity contribution >= 4 is 33.1 Å². The van der Waals surface area contributed by atoms with Crippen LogP contribution in [-0.2, 0) is 0 Å². The van der Waals surface area contributed by atoms with Crippen LogP contribution in [0.4, 0.5) is 0 Å². The second-order valence-corrected chi connectivity index (χ2v) is 3.38. The van der Waals surface area contributed by atoms with E-state index in [1.807, 2.05) is 0 Å². The van der Waals surface area contributed by atoms with E-state index >= 15 is 0 Å². The fourth-order valence-corrected chi connectivity index (χ4v) is 1.23. The number of phenolic OH excluding ortho intramolecular Hbond substituents is 1. The highest BCUT2D eigenvalue weighted by molar-refractivity contribution is 9.10. The number of rotatable bonds is 1. The Morgan fingerprint density at radius 2 is 2.18 bits per heavy atom. The number of phenols is 1. The van der Waals surface area contributed by atoms with Crippen molar-refractivity contribution in [1.29, 1.82) is 0 Å². The number of aromatic hydroxyl groups is 1. The molecule has 0 bridgehead atoms. The molecule has 1 aromatic carbocycles. The van der Waals surface area contributed by atoms with Crippen molar-refractivity contribution in [2.24, 2.45) is 5.73 Å². The molecule has 0 aliphatic rings. The predicted molar refractivity (Wildman–Crippen MR) is 51.7 cm³/mol. The smallest absolute Gasteiger partial charge is 0.126 e. The molecule has 11 heavy (non-hydrogen) atoms. The molecule has 0 atom stereocenters. The van der Waals surface area contributed by atoms with Crippen LogP contribution < -0.4 is 5.73 Å². The van der Waals surface area contributed by atoms with Crippen molar-refractivity contribution in [3.05, 3.63) is 28.2 Å². The van der Waals surface area contributed by atoms with E-state index in [1.54, 1.807) is 18.2 Å². The van der Waals surface area contributed by atoms with E-state index in [1.165, 1.54) is 0 Å². The zero-order valence-electron chi connectivity index (χ0n) is 5.54. The van der Waals surface area contributed by atoms with Gasteiger partial charge in [0, 0.05) is 4.47 Å². The summed E-state index contributed by atoms with van der Waals surface area (Å²) in [5, 5.41) is 9.26. The average molecular weight is 232 g/mol. The molecule has 0 fully saturated rings. The van der Waals surface area contributed by atoms with E-state index in [-0.39, 0.29) is 10.7 Å². The molecule has 4 heteroatoms. The molecular weight excluding hydrogens is 226 g/mol. The molecule has 0 spiro atoms. The third kappa shape index (κ3) is 1.91. The van der Waals surface area contributed by atoms with Crippen LogP contribution in [0.3, 0.4) is 0 Å². The molecule has 0 unspecified atom stereocenters. The average Bonchev–Trinajstić information content (AvgIpc) is 1.85. The van der Waals surface area contributed by atoms with Crippen molar-refractivity contribution in [2.75, 3.05) is 0 Å². The predicted octanol–water partition coefficient (Wildman–Crippen LogP) is 1.79. The molecule has 0 aliphatic carbocycles. The van der Waals surface area contributed by atoms with Crippen LogP contribution in [0, 0.1) is 0 Å². The molecule has 1 aromatic rings. The summed E-state index contributed by atoms with van der Waals surface area (Å²) in [7, 11) is 0. The van der Waals surface area contributed by atoms with Crippen LogP contribution in [0.25, 0.3) is 0 Å². The van der Waals surface area contributed by atoms with Crippen molar-refractivity contribution < 1.29 is 5.11 Å². The molecular formula is C7H6BrNOS. The lowest BCUT2D eigenvalue weighted by atomic mass is 10.2. The van der Waals surface area contributed by atoms with Crippen LogP contribution in [-0.4, -0.2) is 10.1 Å². The summed E-state index contributed by atoms with van der Waals surface area (Å²) in [6.45, 7) is 0. The van der Waals surface area contributed by atoms with E-state index in [4.69, 9.17) is 18.0 Å². The van der Waals surface area contributed by atoms with Gasteiger partial charge < -0.3 is 10.8 Å².